The highest BCUT2D eigenvalue weighted by molar-refractivity contribution is 9.10. The van der Waals surface area contributed by atoms with Crippen LogP contribution in [0, 0.1) is 5.92 Å². The number of methoxy groups -OCH3 is 1. The maximum atomic E-state index is 5.65. The quantitative estimate of drug-likeness (QED) is 0.496. The minimum Gasteiger partial charge on any atom is -0.490 e. The summed E-state index contributed by atoms with van der Waals surface area (Å²) in [6.07, 6.45) is 5.40. The highest BCUT2D eigenvalue weighted by Crippen LogP contribution is 2.42. The molecule has 2 nitrogen and oxygen atoms in total. The molecule has 1 atom stereocenters. The van der Waals surface area contributed by atoms with Crippen LogP contribution >= 0.6 is 31.9 Å². The Kier molecular flexibility index (Phi) is 6.17. The van der Waals surface area contributed by atoms with Crippen LogP contribution in [0.25, 0.3) is 0 Å². The van der Waals surface area contributed by atoms with Gasteiger partial charge in [0.2, 0.25) is 0 Å². The number of benzene rings is 1. The van der Waals surface area contributed by atoms with Crippen LogP contribution in [-0.4, -0.2) is 20.3 Å². The van der Waals surface area contributed by atoms with E-state index in [1.807, 2.05) is 6.07 Å². The SMILES string of the molecule is COCCOc1ccc(C(Br)C2CCCC2)cc1Br. The standard InChI is InChI=1S/C15H20Br2O2/c1-18-8-9-19-14-7-6-12(10-13(14)16)15(17)11-4-2-3-5-11/h6-7,10-11,15H,2-5,8-9H2,1H3. The van der Waals surface area contributed by atoms with Crippen molar-refractivity contribution in [2.45, 2.75) is 30.5 Å². The molecule has 0 radical (unpaired) electrons. The van der Waals surface area contributed by atoms with E-state index in [4.69, 9.17) is 9.47 Å². The van der Waals surface area contributed by atoms with Gasteiger partial charge in [-0.3, -0.25) is 0 Å². The van der Waals surface area contributed by atoms with Crippen molar-refractivity contribution < 1.29 is 9.47 Å². The topological polar surface area (TPSA) is 18.5 Å². The third-order valence-electron chi connectivity index (χ3n) is 3.63. The van der Waals surface area contributed by atoms with Gasteiger partial charge in [0.05, 0.1) is 11.1 Å². The normalized spacial score (nSPS) is 17.6. The monoisotopic (exact) mass is 390 g/mol. The van der Waals surface area contributed by atoms with Crippen LogP contribution in [-0.2, 0) is 4.74 Å². The first-order valence-corrected chi connectivity index (χ1v) is 8.48. The maximum Gasteiger partial charge on any atom is 0.133 e. The summed E-state index contributed by atoms with van der Waals surface area (Å²) in [5.74, 6) is 1.65. The molecule has 0 spiro atoms. The van der Waals surface area contributed by atoms with Crippen LogP contribution in [0.3, 0.4) is 0 Å². The second-order valence-corrected chi connectivity index (χ2v) is 6.82. The molecule has 1 aromatic carbocycles. The molecule has 0 bridgehead atoms. The molecule has 0 aliphatic heterocycles. The van der Waals surface area contributed by atoms with E-state index in [2.05, 4.69) is 44.0 Å². The van der Waals surface area contributed by atoms with Gasteiger partial charge in [-0.05, 0) is 52.4 Å². The first-order chi connectivity index (χ1) is 9.22. The number of ether oxygens (including phenoxy) is 2. The molecule has 1 aliphatic rings. The lowest BCUT2D eigenvalue weighted by atomic mass is 9.98. The molecule has 1 aromatic rings. The second kappa shape index (κ2) is 7.65. The van der Waals surface area contributed by atoms with Crippen LogP contribution in [0.5, 0.6) is 5.75 Å². The van der Waals surface area contributed by atoms with Crippen molar-refractivity contribution in [3.63, 3.8) is 0 Å². The summed E-state index contributed by atoms with van der Waals surface area (Å²) in [7, 11) is 1.68. The molecule has 1 unspecified atom stereocenters. The lowest BCUT2D eigenvalue weighted by molar-refractivity contribution is 0.146. The minimum absolute atomic E-state index is 0.458. The van der Waals surface area contributed by atoms with Crippen LogP contribution in [0.1, 0.15) is 36.1 Å². The third-order valence-corrected chi connectivity index (χ3v) is 5.53. The Hall–Kier alpha value is -0.0600. The molecule has 2 rings (SSSR count). The van der Waals surface area contributed by atoms with E-state index >= 15 is 0 Å². The lowest BCUT2D eigenvalue weighted by Crippen LogP contribution is -2.06. The number of hydrogen-bond acceptors (Lipinski definition) is 2. The molecule has 0 heterocycles. The van der Waals surface area contributed by atoms with Gasteiger partial charge in [0, 0.05) is 11.9 Å². The largest absolute Gasteiger partial charge is 0.490 e. The molecule has 19 heavy (non-hydrogen) atoms. The first kappa shape index (κ1) is 15.3. The maximum absolute atomic E-state index is 5.65. The zero-order valence-corrected chi connectivity index (χ0v) is 14.4. The minimum atomic E-state index is 0.458. The van der Waals surface area contributed by atoms with Crippen molar-refractivity contribution in [2.75, 3.05) is 20.3 Å². The van der Waals surface area contributed by atoms with Crippen molar-refractivity contribution in [1.29, 1.82) is 0 Å². The van der Waals surface area contributed by atoms with Crippen molar-refractivity contribution in [3.8, 4) is 5.75 Å². The van der Waals surface area contributed by atoms with E-state index in [1.54, 1.807) is 7.11 Å². The highest BCUT2D eigenvalue weighted by atomic mass is 79.9. The Morgan fingerprint density at radius 1 is 1.26 bits per heavy atom. The fraction of sp³-hybridized carbons (Fsp3) is 0.600. The van der Waals surface area contributed by atoms with Crippen LogP contribution in [0.15, 0.2) is 22.7 Å². The molecule has 106 valence electrons. The molecule has 0 aromatic heterocycles. The van der Waals surface area contributed by atoms with E-state index in [-0.39, 0.29) is 0 Å². The predicted molar refractivity (Wildman–Crippen MR) is 85.1 cm³/mol. The molecule has 4 heteroatoms. The third kappa shape index (κ3) is 4.20. The molecule has 0 amide bonds. The van der Waals surface area contributed by atoms with E-state index in [0.29, 0.717) is 18.0 Å². The Morgan fingerprint density at radius 3 is 2.63 bits per heavy atom. The molecule has 1 fully saturated rings. The van der Waals surface area contributed by atoms with Gasteiger partial charge >= 0.3 is 0 Å². The van der Waals surface area contributed by atoms with Gasteiger partial charge in [-0.1, -0.05) is 34.8 Å². The van der Waals surface area contributed by atoms with E-state index in [9.17, 15) is 0 Å². The average Bonchev–Trinajstić information content (AvgIpc) is 2.94. The summed E-state index contributed by atoms with van der Waals surface area (Å²) >= 11 is 7.44. The molecular formula is C15H20Br2O2. The zero-order chi connectivity index (χ0) is 13.7. The van der Waals surface area contributed by atoms with Crippen molar-refractivity contribution in [2.24, 2.45) is 5.92 Å². The first-order valence-electron chi connectivity index (χ1n) is 6.77. The van der Waals surface area contributed by atoms with Gasteiger partial charge in [0.15, 0.2) is 0 Å². The number of rotatable bonds is 6. The van der Waals surface area contributed by atoms with Gasteiger partial charge in [0.25, 0.3) is 0 Å². The van der Waals surface area contributed by atoms with Gasteiger partial charge in [-0.2, -0.15) is 0 Å². The Balaban J connectivity index is 2.00. The second-order valence-electron chi connectivity index (χ2n) is 4.98. The van der Waals surface area contributed by atoms with E-state index in [0.717, 1.165) is 16.1 Å². The molecule has 0 N–H and O–H groups in total. The summed E-state index contributed by atoms with van der Waals surface area (Å²) in [5, 5.41) is 0. The van der Waals surface area contributed by atoms with Crippen molar-refractivity contribution in [3.05, 3.63) is 28.2 Å². The van der Waals surface area contributed by atoms with Gasteiger partial charge in [-0.25, -0.2) is 0 Å². The summed E-state index contributed by atoms with van der Waals surface area (Å²) in [6, 6.07) is 6.36. The average molecular weight is 392 g/mol. The summed E-state index contributed by atoms with van der Waals surface area (Å²) in [6.45, 7) is 1.19. The van der Waals surface area contributed by atoms with Crippen LogP contribution < -0.4 is 4.74 Å². The summed E-state index contributed by atoms with van der Waals surface area (Å²) in [4.78, 5) is 0.458. The van der Waals surface area contributed by atoms with E-state index < -0.39 is 0 Å². The van der Waals surface area contributed by atoms with Crippen molar-refractivity contribution >= 4 is 31.9 Å². The lowest BCUT2D eigenvalue weighted by Gasteiger charge is -2.18. The predicted octanol–water partition coefficient (Wildman–Crippen LogP) is 5.10. The molecular weight excluding hydrogens is 372 g/mol. The van der Waals surface area contributed by atoms with Gasteiger partial charge in [-0.15, -0.1) is 0 Å². The number of halogens is 2. The fourth-order valence-corrected chi connectivity index (χ4v) is 3.89. The smallest absolute Gasteiger partial charge is 0.133 e. The van der Waals surface area contributed by atoms with Crippen molar-refractivity contribution in [1.82, 2.24) is 0 Å². The van der Waals surface area contributed by atoms with Gasteiger partial charge < -0.3 is 9.47 Å². The van der Waals surface area contributed by atoms with Crippen LogP contribution in [0.2, 0.25) is 0 Å². The number of hydrogen-bond donors (Lipinski definition) is 0. The van der Waals surface area contributed by atoms with Gasteiger partial charge in [0.1, 0.15) is 12.4 Å². The van der Waals surface area contributed by atoms with Crippen LogP contribution in [0.4, 0.5) is 0 Å². The Bertz CT molecular complexity index is 403. The molecule has 0 saturated heterocycles. The summed E-state index contributed by atoms with van der Waals surface area (Å²) < 4.78 is 11.7. The highest BCUT2D eigenvalue weighted by Gasteiger charge is 2.24. The molecule has 1 aliphatic carbocycles. The van der Waals surface area contributed by atoms with E-state index in [1.165, 1.54) is 31.2 Å². The summed E-state index contributed by atoms with van der Waals surface area (Å²) in [5.41, 5.74) is 1.33. The molecule has 1 saturated carbocycles. The Labute approximate surface area is 132 Å². The zero-order valence-electron chi connectivity index (χ0n) is 11.2. The fourth-order valence-electron chi connectivity index (χ4n) is 2.56. The number of alkyl halides is 1. The Morgan fingerprint density at radius 2 is 2.00 bits per heavy atom.